The highest BCUT2D eigenvalue weighted by Crippen LogP contribution is 2.27. The number of ether oxygens (including phenoxy) is 2. The Bertz CT molecular complexity index is 784. The molecule has 0 unspecified atom stereocenters. The van der Waals surface area contributed by atoms with Gasteiger partial charge in [-0.15, -0.1) is 0 Å². The van der Waals surface area contributed by atoms with Crippen LogP contribution >= 0.6 is 0 Å². The number of nitrogen functional groups attached to an aromatic ring is 1. The predicted molar refractivity (Wildman–Crippen MR) is 108 cm³/mol. The lowest BCUT2D eigenvalue weighted by molar-refractivity contribution is 0.0317. The summed E-state index contributed by atoms with van der Waals surface area (Å²) in [6.45, 7) is 6.97. The van der Waals surface area contributed by atoms with Gasteiger partial charge in [0.25, 0.3) is 0 Å². The van der Waals surface area contributed by atoms with Gasteiger partial charge in [0.05, 0.1) is 11.3 Å². The summed E-state index contributed by atoms with van der Waals surface area (Å²) < 4.78 is 11.4. The summed E-state index contributed by atoms with van der Waals surface area (Å²) >= 11 is 0. The second-order valence-corrected chi connectivity index (χ2v) is 8.30. The Morgan fingerprint density at radius 1 is 1.07 bits per heavy atom. The summed E-state index contributed by atoms with van der Waals surface area (Å²) in [5.41, 5.74) is 9.47. The van der Waals surface area contributed by atoms with E-state index in [4.69, 9.17) is 15.2 Å². The maximum absolute atomic E-state index is 12.4. The molecule has 0 radical (unpaired) electrons. The lowest BCUT2D eigenvalue weighted by Crippen LogP contribution is -2.15. The number of esters is 1. The van der Waals surface area contributed by atoms with Crippen molar-refractivity contribution in [2.75, 3.05) is 5.73 Å². The summed E-state index contributed by atoms with van der Waals surface area (Å²) in [5.74, 6) is 0.206. The molecule has 0 heterocycles. The highest BCUT2D eigenvalue weighted by molar-refractivity contribution is 5.90. The van der Waals surface area contributed by atoms with E-state index in [1.54, 1.807) is 18.2 Å². The van der Waals surface area contributed by atoms with Crippen molar-refractivity contribution in [2.45, 2.75) is 64.6 Å². The van der Waals surface area contributed by atoms with E-state index >= 15 is 0 Å². The molecule has 144 valence electrons. The van der Waals surface area contributed by atoms with Crippen LogP contribution in [0.15, 0.2) is 42.5 Å². The topological polar surface area (TPSA) is 61.5 Å². The molecule has 0 aromatic heterocycles. The van der Waals surface area contributed by atoms with Crippen LogP contribution in [0.4, 0.5) is 5.69 Å². The number of carbonyl (C=O) groups excluding carboxylic acids is 1. The van der Waals surface area contributed by atoms with Crippen molar-refractivity contribution in [3.05, 3.63) is 59.2 Å². The minimum Gasteiger partial charge on any atom is -0.487 e. The number of carbonyl (C=O) groups is 1. The van der Waals surface area contributed by atoms with Crippen molar-refractivity contribution in [1.29, 1.82) is 0 Å². The Hall–Kier alpha value is -2.49. The molecule has 0 saturated heterocycles. The summed E-state index contributed by atoms with van der Waals surface area (Å²) in [6.07, 6.45) is 4.20. The normalized spacial score (nSPS) is 14.9. The van der Waals surface area contributed by atoms with E-state index in [1.807, 2.05) is 0 Å². The number of anilines is 1. The van der Waals surface area contributed by atoms with Gasteiger partial charge in [-0.3, -0.25) is 0 Å². The van der Waals surface area contributed by atoms with E-state index in [9.17, 15) is 4.79 Å². The smallest absolute Gasteiger partial charge is 0.338 e. The molecule has 1 aliphatic carbocycles. The molecule has 27 heavy (non-hydrogen) atoms. The van der Waals surface area contributed by atoms with Crippen molar-refractivity contribution in [2.24, 2.45) is 0 Å². The largest absolute Gasteiger partial charge is 0.487 e. The first-order chi connectivity index (χ1) is 12.8. The number of rotatable bonds is 5. The first-order valence-corrected chi connectivity index (χ1v) is 9.65. The molecule has 2 aromatic carbocycles. The summed E-state index contributed by atoms with van der Waals surface area (Å²) in [4.78, 5) is 12.4. The van der Waals surface area contributed by atoms with Crippen LogP contribution in [0, 0.1) is 0 Å². The van der Waals surface area contributed by atoms with Crippen molar-refractivity contribution in [1.82, 2.24) is 0 Å². The molecule has 1 fully saturated rings. The van der Waals surface area contributed by atoms with E-state index < -0.39 is 0 Å². The molecular formula is C23H29NO3. The minimum absolute atomic E-state index is 0.0424. The van der Waals surface area contributed by atoms with Gasteiger partial charge in [-0.05, 0) is 60.4 Å². The lowest BCUT2D eigenvalue weighted by Gasteiger charge is -2.19. The van der Waals surface area contributed by atoms with Crippen LogP contribution in [0.1, 0.15) is 67.9 Å². The van der Waals surface area contributed by atoms with Crippen LogP contribution in [0.2, 0.25) is 0 Å². The van der Waals surface area contributed by atoms with Gasteiger partial charge in [0.2, 0.25) is 0 Å². The average Bonchev–Trinajstić information content (AvgIpc) is 3.13. The van der Waals surface area contributed by atoms with Crippen molar-refractivity contribution >= 4 is 11.7 Å². The fourth-order valence-electron chi connectivity index (χ4n) is 3.27. The van der Waals surface area contributed by atoms with Gasteiger partial charge in [-0.25, -0.2) is 4.79 Å². The number of hydrogen-bond donors (Lipinski definition) is 1. The molecule has 0 spiro atoms. The zero-order chi connectivity index (χ0) is 19.4. The fourth-order valence-corrected chi connectivity index (χ4v) is 3.27. The van der Waals surface area contributed by atoms with Crippen LogP contribution in [0.5, 0.6) is 5.75 Å². The first-order valence-electron chi connectivity index (χ1n) is 9.65. The van der Waals surface area contributed by atoms with Crippen LogP contribution in [0.25, 0.3) is 0 Å². The second kappa shape index (κ2) is 8.03. The fraction of sp³-hybridized carbons (Fsp3) is 0.435. The minimum atomic E-state index is -0.304. The predicted octanol–water partition coefficient (Wildman–Crippen LogP) is 5.24. The highest BCUT2D eigenvalue weighted by atomic mass is 16.5. The van der Waals surface area contributed by atoms with Crippen molar-refractivity contribution < 1.29 is 14.3 Å². The zero-order valence-electron chi connectivity index (χ0n) is 16.5. The maximum atomic E-state index is 12.4. The summed E-state index contributed by atoms with van der Waals surface area (Å²) in [6, 6.07) is 13.4. The molecule has 2 N–H and O–H groups in total. The molecule has 3 rings (SSSR count). The highest BCUT2D eigenvalue weighted by Gasteiger charge is 2.21. The van der Waals surface area contributed by atoms with Crippen LogP contribution in [0.3, 0.4) is 0 Å². The van der Waals surface area contributed by atoms with Gasteiger partial charge in [0.1, 0.15) is 18.5 Å². The van der Waals surface area contributed by atoms with E-state index in [1.165, 1.54) is 5.56 Å². The zero-order valence-corrected chi connectivity index (χ0v) is 16.5. The summed E-state index contributed by atoms with van der Waals surface area (Å²) in [7, 11) is 0. The molecule has 0 aliphatic heterocycles. The van der Waals surface area contributed by atoms with Crippen LogP contribution < -0.4 is 10.5 Å². The van der Waals surface area contributed by atoms with Crippen molar-refractivity contribution in [3.63, 3.8) is 0 Å². The number of benzene rings is 2. The number of nitrogens with two attached hydrogens (primary N) is 1. The average molecular weight is 367 g/mol. The standard InChI is InChI=1S/C23H29NO3/c1-23(2,3)18-11-8-16(9-12-18)15-26-21-14-17(10-13-20(21)24)22(25)27-19-6-4-5-7-19/h8-14,19H,4-7,15,24H2,1-3H3. The monoisotopic (exact) mass is 367 g/mol. The Kier molecular flexibility index (Phi) is 5.73. The first kappa shape index (κ1) is 19.3. The molecule has 0 atom stereocenters. The second-order valence-electron chi connectivity index (χ2n) is 8.30. The van der Waals surface area contributed by atoms with E-state index in [0.29, 0.717) is 23.6 Å². The van der Waals surface area contributed by atoms with Gasteiger partial charge in [0, 0.05) is 0 Å². The Labute approximate surface area is 161 Å². The molecule has 2 aromatic rings. The van der Waals surface area contributed by atoms with Crippen LogP contribution in [-0.2, 0) is 16.8 Å². The van der Waals surface area contributed by atoms with E-state index in [0.717, 1.165) is 31.2 Å². The molecule has 4 nitrogen and oxygen atoms in total. The quantitative estimate of drug-likeness (QED) is 0.579. The summed E-state index contributed by atoms with van der Waals surface area (Å²) in [5, 5.41) is 0. The van der Waals surface area contributed by atoms with Gasteiger partial charge >= 0.3 is 5.97 Å². The molecule has 0 amide bonds. The number of hydrogen-bond acceptors (Lipinski definition) is 4. The SMILES string of the molecule is CC(C)(C)c1ccc(COc2cc(C(=O)OC3CCCC3)ccc2N)cc1. The van der Waals surface area contributed by atoms with Gasteiger partial charge in [-0.2, -0.15) is 0 Å². The lowest BCUT2D eigenvalue weighted by atomic mass is 9.87. The molecular weight excluding hydrogens is 338 g/mol. The Morgan fingerprint density at radius 2 is 1.74 bits per heavy atom. The van der Waals surface area contributed by atoms with Gasteiger partial charge in [0.15, 0.2) is 0 Å². The van der Waals surface area contributed by atoms with E-state index in [2.05, 4.69) is 45.0 Å². The van der Waals surface area contributed by atoms with Crippen molar-refractivity contribution in [3.8, 4) is 5.75 Å². The Balaban J connectivity index is 1.65. The third-order valence-corrected chi connectivity index (χ3v) is 5.04. The molecule has 4 heteroatoms. The maximum Gasteiger partial charge on any atom is 0.338 e. The van der Waals surface area contributed by atoms with Crippen LogP contribution in [-0.4, -0.2) is 12.1 Å². The van der Waals surface area contributed by atoms with E-state index in [-0.39, 0.29) is 17.5 Å². The molecule has 1 saturated carbocycles. The van der Waals surface area contributed by atoms with Gasteiger partial charge < -0.3 is 15.2 Å². The molecule has 0 bridgehead atoms. The Morgan fingerprint density at radius 3 is 2.37 bits per heavy atom. The molecule has 1 aliphatic rings. The third kappa shape index (κ3) is 5.03. The van der Waals surface area contributed by atoms with Gasteiger partial charge in [-0.1, -0.05) is 45.0 Å². The third-order valence-electron chi connectivity index (χ3n) is 5.04.